The molecule has 12 heavy (non-hydrogen) atoms. The Morgan fingerprint density at radius 3 is 2.67 bits per heavy atom. The summed E-state index contributed by atoms with van der Waals surface area (Å²) in [5.74, 6) is -0.813. The fourth-order valence-corrected chi connectivity index (χ4v) is 0.858. The molecular weight excluding hydrogens is 192 g/mol. The van der Waals surface area contributed by atoms with E-state index in [-0.39, 0.29) is 28.6 Å². The highest BCUT2D eigenvalue weighted by molar-refractivity contribution is 6.30. The van der Waals surface area contributed by atoms with E-state index < -0.39 is 5.97 Å². The molecule has 1 rings (SSSR count). The van der Waals surface area contributed by atoms with Gasteiger partial charge in [0.15, 0.2) is 0 Å². The minimum absolute atomic E-state index is 0. The Morgan fingerprint density at radius 2 is 2.17 bits per heavy atom. The molecule has 0 bridgehead atoms. The summed E-state index contributed by atoms with van der Waals surface area (Å²) in [6.07, 6.45) is 0. The van der Waals surface area contributed by atoms with Crippen LogP contribution in [0.5, 0.6) is 0 Å². The Balaban J connectivity index is 0.00000121. The minimum atomic E-state index is -0.813. The molecule has 0 amide bonds. The molecule has 0 spiro atoms. The van der Waals surface area contributed by atoms with E-state index in [0.29, 0.717) is 5.02 Å². The summed E-state index contributed by atoms with van der Waals surface area (Å²) in [4.78, 5) is 14.1. The molecule has 3 nitrogen and oxygen atoms in total. The molecule has 0 aromatic heterocycles. The molecule has 0 fully saturated rings. The lowest BCUT2D eigenvalue weighted by molar-refractivity contribution is -0.182. The summed E-state index contributed by atoms with van der Waals surface area (Å²) in [5.41, 5.74) is 0.222. The first-order chi connectivity index (χ1) is 5.24. The number of halogens is 1. The molecule has 0 saturated heterocycles. The Kier molecular flexibility index (Phi) is 5.24. The minimum Gasteiger partial charge on any atom is -0.296 e. The first kappa shape index (κ1) is 11.7. The van der Waals surface area contributed by atoms with Crippen LogP contribution >= 0.6 is 11.6 Å². The average molecular weight is 199 g/mol. The van der Waals surface area contributed by atoms with Crippen LogP contribution in [0.3, 0.4) is 0 Å². The number of hydrogen-bond acceptors (Lipinski definition) is 3. The second-order valence-corrected chi connectivity index (χ2v) is 2.33. The van der Waals surface area contributed by atoms with E-state index in [1.165, 1.54) is 12.1 Å². The van der Waals surface area contributed by atoms with Gasteiger partial charge in [-0.1, -0.05) is 17.7 Å². The first-order valence-electron chi connectivity index (χ1n) is 2.85. The molecule has 0 heterocycles. The number of benzene rings is 1. The van der Waals surface area contributed by atoms with Crippen LogP contribution in [-0.4, -0.2) is 34.3 Å². The van der Waals surface area contributed by atoms with Crippen molar-refractivity contribution < 1.29 is 14.9 Å². The van der Waals surface area contributed by atoms with Crippen molar-refractivity contribution in [1.82, 2.24) is 0 Å². The predicted octanol–water partition coefficient (Wildman–Crippen LogP) is 1.05. The third-order valence-corrected chi connectivity index (χ3v) is 1.38. The summed E-state index contributed by atoms with van der Waals surface area (Å²) >= 11 is 5.56. The fourth-order valence-electron chi connectivity index (χ4n) is 0.668. The monoisotopic (exact) mass is 198 g/mol. The topological polar surface area (TPSA) is 46.5 Å². The molecule has 1 aromatic carbocycles. The Hall–Kier alpha value is -0.294. The van der Waals surface area contributed by atoms with Crippen LogP contribution < -0.4 is 0 Å². The van der Waals surface area contributed by atoms with E-state index >= 15 is 0 Å². The van der Waals surface area contributed by atoms with Crippen molar-refractivity contribution in [2.24, 2.45) is 0 Å². The molecule has 1 aromatic rings. The molecule has 0 unspecified atom stereocenters. The largest absolute Gasteiger partial charge is 0.372 e. The van der Waals surface area contributed by atoms with Gasteiger partial charge in [0.25, 0.3) is 0 Å². The molecule has 0 aliphatic carbocycles. The molecule has 62 valence electrons. The van der Waals surface area contributed by atoms with Gasteiger partial charge in [-0.3, -0.25) is 4.89 Å². The van der Waals surface area contributed by atoms with E-state index in [9.17, 15) is 4.79 Å². The van der Waals surface area contributed by atoms with E-state index in [4.69, 9.17) is 16.9 Å². The van der Waals surface area contributed by atoms with Crippen LogP contribution in [0, 0.1) is 0 Å². The van der Waals surface area contributed by atoms with Crippen LogP contribution in [0.4, 0.5) is 0 Å². The zero-order chi connectivity index (χ0) is 8.27. The Bertz CT molecular complexity index is 277. The van der Waals surface area contributed by atoms with Crippen molar-refractivity contribution >= 4 is 40.6 Å². The predicted molar refractivity (Wildman–Crippen MR) is 48.0 cm³/mol. The molecule has 0 aliphatic heterocycles. The number of carbonyl (C=O) groups is 1. The lowest BCUT2D eigenvalue weighted by atomic mass is 10.2. The molecule has 0 radical (unpaired) electrons. The van der Waals surface area contributed by atoms with Gasteiger partial charge in [-0.05, 0) is 18.2 Å². The average Bonchev–Trinajstić information content (AvgIpc) is 2.03. The van der Waals surface area contributed by atoms with Crippen molar-refractivity contribution in [3.63, 3.8) is 0 Å². The van der Waals surface area contributed by atoms with Gasteiger partial charge in [-0.15, -0.1) is 0 Å². The highest BCUT2D eigenvalue weighted by atomic mass is 35.5. The summed E-state index contributed by atoms with van der Waals surface area (Å²) in [6, 6.07) is 6.11. The Morgan fingerprint density at radius 1 is 1.50 bits per heavy atom. The van der Waals surface area contributed by atoms with Gasteiger partial charge in [-0.25, -0.2) is 4.79 Å². The van der Waals surface area contributed by atoms with Crippen molar-refractivity contribution in [2.75, 3.05) is 0 Å². The fraction of sp³-hybridized carbons (Fsp3) is 0. The SMILES string of the molecule is O=C(OO)c1cccc(Cl)c1.[MgH2]. The van der Waals surface area contributed by atoms with Gasteiger partial charge < -0.3 is 0 Å². The zero-order valence-electron chi connectivity index (χ0n) is 5.45. The standard InChI is InChI=1S/C7H5ClO3.Mg.2H/c8-6-3-1-2-5(4-6)7(9)11-10;;;/h1-4,10H;;;. The van der Waals surface area contributed by atoms with Crippen molar-refractivity contribution in [1.29, 1.82) is 0 Å². The maximum atomic E-state index is 10.6. The highest BCUT2D eigenvalue weighted by Gasteiger charge is 2.05. The Labute approximate surface area is 90.4 Å². The maximum Gasteiger partial charge on any atom is 0.372 e. The maximum absolute atomic E-state index is 10.6. The molecule has 0 saturated carbocycles. The van der Waals surface area contributed by atoms with Crippen molar-refractivity contribution in [2.45, 2.75) is 0 Å². The number of carbonyl (C=O) groups excluding carboxylic acids is 1. The van der Waals surface area contributed by atoms with E-state index in [2.05, 4.69) is 4.89 Å². The summed E-state index contributed by atoms with van der Waals surface area (Å²) < 4.78 is 0. The second kappa shape index (κ2) is 5.37. The zero-order valence-corrected chi connectivity index (χ0v) is 6.21. The van der Waals surface area contributed by atoms with Crippen LogP contribution in [-0.2, 0) is 4.89 Å². The van der Waals surface area contributed by atoms with E-state index in [1.807, 2.05) is 0 Å². The number of rotatable bonds is 1. The van der Waals surface area contributed by atoms with Gasteiger partial charge >= 0.3 is 29.0 Å². The second-order valence-electron chi connectivity index (χ2n) is 1.89. The first-order valence-corrected chi connectivity index (χ1v) is 3.23. The van der Waals surface area contributed by atoms with Crippen LogP contribution in [0.1, 0.15) is 10.4 Å². The van der Waals surface area contributed by atoms with Gasteiger partial charge in [0.1, 0.15) is 0 Å². The highest BCUT2D eigenvalue weighted by Crippen LogP contribution is 2.10. The molecular formula is C7H7ClMgO3. The molecule has 5 heteroatoms. The van der Waals surface area contributed by atoms with Gasteiger partial charge in [0, 0.05) is 5.02 Å². The van der Waals surface area contributed by atoms with Crippen molar-refractivity contribution in [3.8, 4) is 0 Å². The van der Waals surface area contributed by atoms with E-state index in [1.54, 1.807) is 12.1 Å². The van der Waals surface area contributed by atoms with Gasteiger partial charge in [0.05, 0.1) is 5.56 Å². The van der Waals surface area contributed by atoms with Crippen molar-refractivity contribution in [3.05, 3.63) is 34.9 Å². The van der Waals surface area contributed by atoms with Gasteiger partial charge in [-0.2, -0.15) is 5.26 Å². The van der Waals surface area contributed by atoms with Crippen LogP contribution in [0.2, 0.25) is 5.02 Å². The van der Waals surface area contributed by atoms with Gasteiger partial charge in [0.2, 0.25) is 0 Å². The summed E-state index contributed by atoms with van der Waals surface area (Å²) in [7, 11) is 0. The normalized spacial score (nSPS) is 8.50. The molecule has 1 N–H and O–H groups in total. The van der Waals surface area contributed by atoms with Crippen LogP contribution in [0.15, 0.2) is 24.3 Å². The molecule has 0 atom stereocenters. The van der Waals surface area contributed by atoms with Crippen LogP contribution in [0.25, 0.3) is 0 Å². The quantitative estimate of drug-likeness (QED) is 0.417. The molecule has 0 aliphatic rings. The summed E-state index contributed by atoms with van der Waals surface area (Å²) in [5, 5.41) is 8.41. The third kappa shape index (κ3) is 2.98. The smallest absolute Gasteiger partial charge is 0.296 e. The summed E-state index contributed by atoms with van der Waals surface area (Å²) in [6.45, 7) is 0. The third-order valence-electron chi connectivity index (χ3n) is 1.14. The van der Waals surface area contributed by atoms with E-state index in [0.717, 1.165) is 0 Å². The lowest BCUT2D eigenvalue weighted by Gasteiger charge is -1.95. The number of hydrogen-bond donors (Lipinski definition) is 1. The lowest BCUT2D eigenvalue weighted by Crippen LogP contribution is -2.00.